The van der Waals surface area contributed by atoms with Crippen LogP contribution in [0.4, 0.5) is 0 Å². The first kappa shape index (κ1) is 14.7. The van der Waals surface area contributed by atoms with Crippen LogP contribution in [0, 0.1) is 5.92 Å². The largest absolute Gasteiger partial charge is 0.466 e. The topological polar surface area (TPSA) is 46.6 Å². The first-order chi connectivity index (χ1) is 9.69. The van der Waals surface area contributed by atoms with Crippen LogP contribution < -0.4 is 0 Å². The maximum atomic E-state index is 11.9. The zero-order chi connectivity index (χ0) is 14.4. The zero-order valence-electron chi connectivity index (χ0n) is 11.9. The number of esters is 1. The normalized spacial score (nSPS) is 19.9. The molecule has 0 aliphatic carbocycles. The lowest BCUT2D eigenvalue weighted by Gasteiger charge is -2.31. The molecule has 1 aromatic carbocycles. The van der Waals surface area contributed by atoms with Crippen LogP contribution in [-0.2, 0) is 20.9 Å². The van der Waals surface area contributed by atoms with Crippen LogP contribution in [0.2, 0.25) is 0 Å². The second-order valence-electron chi connectivity index (χ2n) is 5.14. The number of Topliss-reactive ketones (excluding diaryl/α,β-unsaturated/α-hetero) is 1. The molecule has 2 rings (SSSR count). The molecule has 0 N–H and O–H groups in total. The minimum Gasteiger partial charge on any atom is -0.466 e. The highest BCUT2D eigenvalue weighted by molar-refractivity contribution is 5.86. The Morgan fingerprint density at radius 2 is 2.10 bits per heavy atom. The molecular weight excluding hydrogens is 254 g/mol. The van der Waals surface area contributed by atoms with E-state index in [2.05, 4.69) is 17.0 Å². The van der Waals surface area contributed by atoms with Gasteiger partial charge in [-0.15, -0.1) is 0 Å². The van der Waals surface area contributed by atoms with Gasteiger partial charge in [0.2, 0.25) is 0 Å². The summed E-state index contributed by atoms with van der Waals surface area (Å²) in [5, 5.41) is 0. The summed E-state index contributed by atoms with van der Waals surface area (Å²) < 4.78 is 4.94. The van der Waals surface area contributed by atoms with E-state index in [0.717, 1.165) is 13.1 Å². The van der Waals surface area contributed by atoms with E-state index in [9.17, 15) is 9.59 Å². The van der Waals surface area contributed by atoms with Crippen molar-refractivity contribution in [1.82, 2.24) is 4.90 Å². The molecule has 4 heteroatoms. The molecule has 1 aliphatic heterocycles. The molecule has 4 nitrogen and oxygen atoms in total. The van der Waals surface area contributed by atoms with Gasteiger partial charge in [0.25, 0.3) is 0 Å². The van der Waals surface area contributed by atoms with Crippen molar-refractivity contribution in [2.75, 3.05) is 19.7 Å². The molecule has 108 valence electrons. The highest BCUT2D eigenvalue weighted by Gasteiger charge is 2.29. The summed E-state index contributed by atoms with van der Waals surface area (Å²) in [6.45, 7) is 4.39. The van der Waals surface area contributed by atoms with Gasteiger partial charge in [-0.1, -0.05) is 30.3 Å². The fourth-order valence-corrected chi connectivity index (χ4v) is 2.56. The summed E-state index contributed by atoms with van der Waals surface area (Å²) in [4.78, 5) is 25.7. The van der Waals surface area contributed by atoms with Crippen LogP contribution in [0.5, 0.6) is 0 Å². The summed E-state index contributed by atoms with van der Waals surface area (Å²) in [5.41, 5.74) is 1.23. The highest BCUT2D eigenvalue weighted by Crippen LogP contribution is 2.19. The molecule has 0 amide bonds. The van der Waals surface area contributed by atoms with Crippen molar-refractivity contribution in [3.05, 3.63) is 35.9 Å². The summed E-state index contributed by atoms with van der Waals surface area (Å²) in [7, 11) is 0. The van der Waals surface area contributed by atoms with Crippen molar-refractivity contribution >= 4 is 11.8 Å². The van der Waals surface area contributed by atoms with Crippen molar-refractivity contribution < 1.29 is 14.3 Å². The van der Waals surface area contributed by atoms with E-state index in [0.29, 0.717) is 19.6 Å². The fraction of sp³-hybridized carbons (Fsp3) is 0.500. The van der Waals surface area contributed by atoms with E-state index in [1.165, 1.54) is 5.56 Å². The molecule has 0 radical (unpaired) electrons. The average molecular weight is 275 g/mol. The van der Waals surface area contributed by atoms with Gasteiger partial charge in [0.05, 0.1) is 13.0 Å². The van der Waals surface area contributed by atoms with Crippen LogP contribution >= 0.6 is 0 Å². The first-order valence-electron chi connectivity index (χ1n) is 7.13. The van der Waals surface area contributed by atoms with Gasteiger partial charge < -0.3 is 4.74 Å². The molecule has 1 fully saturated rings. The molecule has 0 saturated carbocycles. The Hall–Kier alpha value is -1.68. The predicted molar refractivity (Wildman–Crippen MR) is 76.1 cm³/mol. The zero-order valence-corrected chi connectivity index (χ0v) is 11.9. The summed E-state index contributed by atoms with van der Waals surface area (Å²) in [5.74, 6) is -0.304. The quantitative estimate of drug-likeness (QED) is 0.771. The van der Waals surface area contributed by atoms with Gasteiger partial charge in [-0.3, -0.25) is 14.5 Å². The third-order valence-corrected chi connectivity index (χ3v) is 3.58. The highest BCUT2D eigenvalue weighted by atomic mass is 16.5. The summed E-state index contributed by atoms with van der Waals surface area (Å²) in [6, 6.07) is 10.2. The van der Waals surface area contributed by atoms with Crippen molar-refractivity contribution in [2.24, 2.45) is 5.92 Å². The molecule has 0 unspecified atom stereocenters. The lowest BCUT2D eigenvalue weighted by Crippen LogP contribution is -2.41. The number of hydrogen-bond donors (Lipinski definition) is 0. The molecule has 1 aromatic rings. The number of hydrogen-bond acceptors (Lipinski definition) is 4. The smallest absolute Gasteiger partial charge is 0.306 e. The minimum atomic E-state index is -0.271. The van der Waals surface area contributed by atoms with E-state index in [1.54, 1.807) is 6.92 Å². The molecule has 0 aromatic heterocycles. The lowest BCUT2D eigenvalue weighted by atomic mass is 9.93. The number of rotatable bonds is 5. The Bertz CT molecular complexity index is 458. The van der Waals surface area contributed by atoms with Crippen molar-refractivity contribution in [2.45, 2.75) is 26.3 Å². The van der Waals surface area contributed by atoms with Crippen LogP contribution in [0.15, 0.2) is 30.3 Å². The predicted octanol–water partition coefficient (Wildman–Crippen LogP) is 2.03. The summed E-state index contributed by atoms with van der Waals surface area (Å²) >= 11 is 0. The Labute approximate surface area is 119 Å². The van der Waals surface area contributed by atoms with Gasteiger partial charge >= 0.3 is 5.97 Å². The maximum Gasteiger partial charge on any atom is 0.306 e. The second kappa shape index (κ2) is 7.20. The van der Waals surface area contributed by atoms with Crippen molar-refractivity contribution in [3.8, 4) is 0 Å². The van der Waals surface area contributed by atoms with E-state index in [4.69, 9.17) is 4.74 Å². The number of carbonyl (C=O) groups is 2. The summed E-state index contributed by atoms with van der Waals surface area (Å²) in [6.07, 6.45) is 0.731. The Balaban J connectivity index is 1.90. The standard InChI is InChI=1S/C16H21NO3/c1-2-20-16(19)10-14-12-17(9-8-15(14)18)11-13-6-4-3-5-7-13/h3-7,14H,2,8-12H2,1H3/t14-/m0/s1. The lowest BCUT2D eigenvalue weighted by molar-refractivity contribution is -0.147. The number of ether oxygens (including phenoxy) is 1. The number of nitrogens with zero attached hydrogens (tertiary/aromatic N) is 1. The average Bonchev–Trinajstić information content (AvgIpc) is 2.44. The van der Waals surface area contributed by atoms with E-state index in [1.807, 2.05) is 18.2 Å². The number of likely N-dealkylation sites (tertiary alicyclic amines) is 1. The second-order valence-corrected chi connectivity index (χ2v) is 5.14. The van der Waals surface area contributed by atoms with E-state index < -0.39 is 0 Å². The third kappa shape index (κ3) is 4.17. The number of benzene rings is 1. The number of piperidine rings is 1. The van der Waals surface area contributed by atoms with E-state index >= 15 is 0 Å². The monoisotopic (exact) mass is 275 g/mol. The fourth-order valence-electron chi connectivity index (χ4n) is 2.56. The van der Waals surface area contributed by atoms with Gasteiger partial charge in [0, 0.05) is 32.0 Å². The van der Waals surface area contributed by atoms with Crippen LogP contribution in [-0.4, -0.2) is 36.3 Å². The van der Waals surface area contributed by atoms with Gasteiger partial charge in [-0.05, 0) is 12.5 Å². The molecular formula is C16H21NO3. The van der Waals surface area contributed by atoms with Crippen molar-refractivity contribution in [3.63, 3.8) is 0 Å². The van der Waals surface area contributed by atoms with Gasteiger partial charge in [-0.25, -0.2) is 0 Å². The number of carbonyl (C=O) groups excluding carboxylic acids is 2. The van der Waals surface area contributed by atoms with Crippen LogP contribution in [0.25, 0.3) is 0 Å². The SMILES string of the molecule is CCOC(=O)C[C@H]1CN(Cc2ccccc2)CCC1=O. The minimum absolute atomic E-state index is 0.183. The van der Waals surface area contributed by atoms with Gasteiger partial charge in [0.15, 0.2) is 0 Å². The number of ketones is 1. The Morgan fingerprint density at radius 1 is 1.35 bits per heavy atom. The third-order valence-electron chi connectivity index (χ3n) is 3.58. The van der Waals surface area contributed by atoms with Crippen molar-refractivity contribution in [1.29, 1.82) is 0 Å². The van der Waals surface area contributed by atoms with Crippen LogP contribution in [0.1, 0.15) is 25.3 Å². The first-order valence-corrected chi connectivity index (χ1v) is 7.13. The molecule has 1 aliphatic rings. The molecule has 20 heavy (non-hydrogen) atoms. The molecule has 1 heterocycles. The molecule has 0 bridgehead atoms. The van der Waals surface area contributed by atoms with E-state index in [-0.39, 0.29) is 24.1 Å². The molecule has 1 saturated heterocycles. The molecule has 0 spiro atoms. The van der Waals surface area contributed by atoms with Crippen LogP contribution in [0.3, 0.4) is 0 Å². The Kier molecular flexibility index (Phi) is 5.30. The van der Waals surface area contributed by atoms with Gasteiger partial charge in [-0.2, -0.15) is 0 Å². The van der Waals surface area contributed by atoms with Gasteiger partial charge in [0.1, 0.15) is 5.78 Å². The molecule has 1 atom stereocenters. The Morgan fingerprint density at radius 3 is 2.80 bits per heavy atom. The maximum absolute atomic E-state index is 11.9.